The first-order valence-electron chi connectivity index (χ1n) is 10.6. The Morgan fingerprint density at radius 2 is 1.97 bits per heavy atom. The van der Waals surface area contributed by atoms with Gasteiger partial charge in [0.1, 0.15) is 11.6 Å². The SMILES string of the molecule is COc1ccc(-c2cccc(F)c2CN2CCP(=O)(O)[C@](CCCCN)(C(=O)O)C2)cc1. The Morgan fingerprint density at radius 1 is 1.25 bits per heavy atom. The zero-order valence-corrected chi connectivity index (χ0v) is 19.1. The molecule has 2 atom stereocenters. The molecule has 174 valence electrons. The Hall–Kier alpha value is -2.25. The Bertz CT molecular complexity index is 1000. The average Bonchev–Trinajstić information content (AvgIpc) is 2.77. The summed E-state index contributed by atoms with van der Waals surface area (Å²) in [5.41, 5.74) is 7.45. The van der Waals surface area contributed by atoms with E-state index in [1.54, 1.807) is 30.2 Å². The maximum Gasteiger partial charge on any atom is 0.320 e. The predicted molar refractivity (Wildman–Crippen MR) is 122 cm³/mol. The molecule has 1 unspecified atom stereocenters. The van der Waals surface area contributed by atoms with E-state index in [9.17, 15) is 23.7 Å². The van der Waals surface area contributed by atoms with Gasteiger partial charge < -0.3 is 20.5 Å². The third-order valence-electron chi connectivity index (χ3n) is 6.22. The topological polar surface area (TPSA) is 113 Å². The van der Waals surface area contributed by atoms with Crippen molar-refractivity contribution in [2.75, 3.05) is 32.9 Å². The number of unbranched alkanes of at least 4 members (excludes halogenated alkanes) is 1. The molecule has 0 spiro atoms. The molecular weight excluding hydrogens is 434 g/mol. The molecule has 9 heteroatoms. The van der Waals surface area contributed by atoms with Crippen LogP contribution in [0, 0.1) is 5.82 Å². The number of carbonyl (C=O) groups is 1. The van der Waals surface area contributed by atoms with E-state index >= 15 is 0 Å². The summed E-state index contributed by atoms with van der Waals surface area (Å²) in [5, 5.41) is 8.20. The Morgan fingerprint density at radius 3 is 2.59 bits per heavy atom. The molecule has 2 aromatic rings. The highest BCUT2D eigenvalue weighted by Gasteiger charge is 2.56. The maximum atomic E-state index is 14.9. The summed E-state index contributed by atoms with van der Waals surface area (Å²) in [4.78, 5) is 24.6. The second-order valence-corrected chi connectivity index (χ2v) is 10.9. The first kappa shape index (κ1) is 24.4. The zero-order valence-electron chi connectivity index (χ0n) is 18.2. The highest BCUT2D eigenvalue weighted by Crippen LogP contribution is 2.59. The average molecular weight is 464 g/mol. The molecule has 1 aliphatic rings. The number of rotatable bonds is 9. The Balaban J connectivity index is 1.91. The lowest BCUT2D eigenvalue weighted by Gasteiger charge is -2.43. The molecule has 0 bridgehead atoms. The maximum absolute atomic E-state index is 14.9. The van der Waals surface area contributed by atoms with E-state index in [1.807, 2.05) is 18.2 Å². The van der Waals surface area contributed by atoms with Crippen LogP contribution in [0.2, 0.25) is 0 Å². The molecule has 1 saturated heterocycles. The minimum atomic E-state index is -3.95. The number of halogens is 1. The van der Waals surface area contributed by atoms with E-state index in [4.69, 9.17) is 10.5 Å². The highest BCUT2D eigenvalue weighted by atomic mass is 31.2. The van der Waals surface area contributed by atoms with Crippen molar-refractivity contribution in [2.45, 2.75) is 31.0 Å². The quantitative estimate of drug-likeness (QED) is 0.384. The number of methoxy groups -OCH3 is 1. The van der Waals surface area contributed by atoms with Crippen LogP contribution in [0.15, 0.2) is 42.5 Å². The van der Waals surface area contributed by atoms with Crippen molar-refractivity contribution in [1.82, 2.24) is 4.90 Å². The molecule has 1 aliphatic heterocycles. The fourth-order valence-corrected chi connectivity index (χ4v) is 6.52. The molecule has 0 aliphatic carbocycles. The smallest absolute Gasteiger partial charge is 0.320 e. The van der Waals surface area contributed by atoms with Gasteiger partial charge in [-0.3, -0.25) is 14.3 Å². The van der Waals surface area contributed by atoms with Crippen LogP contribution in [0.1, 0.15) is 24.8 Å². The van der Waals surface area contributed by atoms with Gasteiger partial charge in [-0.2, -0.15) is 0 Å². The second-order valence-electron chi connectivity index (χ2n) is 8.21. The molecule has 4 N–H and O–H groups in total. The number of ether oxygens (including phenoxy) is 1. The standard InChI is InChI=1S/C23H30FN2O5P/c1-31-18-9-7-17(8-10-18)19-5-4-6-21(24)20(19)15-26-13-14-32(29,30)23(16-26,22(27)28)11-2-3-12-25/h4-10H,2-3,11-16,25H2,1H3,(H,27,28)(H,29,30)/t23-/m0/s1. The number of aliphatic carboxylic acids is 1. The van der Waals surface area contributed by atoms with Gasteiger partial charge in [0.15, 0.2) is 5.16 Å². The Labute approximate surface area is 187 Å². The highest BCUT2D eigenvalue weighted by molar-refractivity contribution is 7.61. The summed E-state index contributed by atoms with van der Waals surface area (Å²) in [5.74, 6) is -1.00. The van der Waals surface area contributed by atoms with Crippen LogP contribution >= 0.6 is 7.37 Å². The van der Waals surface area contributed by atoms with Crippen LogP contribution in [0.4, 0.5) is 4.39 Å². The molecule has 0 saturated carbocycles. The number of hydrogen-bond donors (Lipinski definition) is 3. The normalized spacial score (nSPS) is 23.8. The van der Waals surface area contributed by atoms with Crippen molar-refractivity contribution in [3.63, 3.8) is 0 Å². The van der Waals surface area contributed by atoms with Crippen molar-refractivity contribution in [1.29, 1.82) is 0 Å². The lowest BCUT2D eigenvalue weighted by molar-refractivity contribution is -0.141. The summed E-state index contributed by atoms with van der Waals surface area (Å²) in [6.45, 7) is 0.628. The van der Waals surface area contributed by atoms with E-state index in [0.29, 0.717) is 36.3 Å². The van der Waals surface area contributed by atoms with Crippen LogP contribution < -0.4 is 10.5 Å². The number of nitrogens with two attached hydrogens (primary N) is 1. The van der Waals surface area contributed by atoms with Crippen LogP contribution in [-0.2, 0) is 15.9 Å². The fourth-order valence-electron chi connectivity index (χ4n) is 4.31. The third kappa shape index (κ3) is 4.89. The van der Waals surface area contributed by atoms with Crippen LogP contribution in [0.3, 0.4) is 0 Å². The largest absolute Gasteiger partial charge is 0.497 e. The molecular formula is C23H30FN2O5P. The van der Waals surface area contributed by atoms with Crippen molar-refractivity contribution < 1.29 is 28.5 Å². The summed E-state index contributed by atoms with van der Waals surface area (Å²) >= 11 is 0. The van der Waals surface area contributed by atoms with E-state index in [2.05, 4.69) is 0 Å². The molecule has 0 amide bonds. The van der Waals surface area contributed by atoms with Gasteiger partial charge in [-0.15, -0.1) is 0 Å². The number of nitrogens with zero attached hydrogens (tertiary/aromatic N) is 1. The second kappa shape index (κ2) is 10.1. The first-order valence-corrected chi connectivity index (χ1v) is 12.5. The van der Waals surface area contributed by atoms with E-state index < -0.39 is 24.3 Å². The third-order valence-corrected chi connectivity index (χ3v) is 8.92. The van der Waals surface area contributed by atoms with Gasteiger partial charge in [-0.25, -0.2) is 4.39 Å². The van der Waals surface area contributed by atoms with E-state index in [0.717, 1.165) is 5.56 Å². The van der Waals surface area contributed by atoms with Gasteiger partial charge >= 0.3 is 5.97 Å². The fraction of sp³-hybridized carbons (Fsp3) is 0.435. The monoisotopic (exact) mass is 464 g/mol. The predicted octanol–water partition coefficient (Wildman–Crippen LogP) is 3.54. The number of carboxylic acid groups (broad SMARTS) is 1. The molecule has 0 aromatic heterocycles. The number of hydrogen-bond acceptors (Lipinski definition) is 5. The molecule has 7 nitrogen and oxygen atoms in total. The molecule has 1 heterocycles. The van der Waals surface area contributed by atoms with E-state index in [1.165, 1.54) is 6.07 Å². The molecule has 32 heavy (non-hydrogen) atoms. The van der Waals surface area contributed by atoms with Gasteiger partial charge in [-0.1, -0.05) is 30.7 Å². The molecule has 3 rings (SSSR count). The first-order chi connectivity index (χ1) is 15.2. The van der Waals surface area contributed by atoms with E-state index in [-0.39, 0.29) is 32.2 Å². The number of benzene rings is 2. The summed E-state index contributed by atoms with van der Waals surface area (Å²) in [6, 6.07) is 12.1. The van der Waals surface area contributed by atoms with Crippen molar-refractivity contribution in [3.05, 3.63) is 53.8 Å². The molecule has 2 aromatic carbocycles. The van der Waals surface area contributed by atoms with Crippen LogP contribution in [-0.4, -0.2) is 58.9 Å². The molecule has 1 fully saturated rings. The van der Waals surface area contributed by atoms with Gasteiger partial charge in [-0.05, 0) is 48.7 Å². The minimum absolute atomic E-state index is 0.0619. The van der Waals surface area contributed by atoms with Crippen molar-refractivity contribution in [3.8, 4) is 16.9 Å². The van der Waals surface area contributed by atoms with Crippen LogP contribution in [0.5, 0.6) is 5.75 Å². The minimum Gasteiger partial charge on any atom is -0.497 e. The van der Waals surface area contributed by atoms with Crippen molar-refractivity contribution in [2.24, 2.45) is 5.73 Å². The summed E-state index contributed by atoms with van der Waals surface area (Å²) in [6.07, 6.45) is 0.933. The van der Waals surface area contributed by atoms with Gasteiger partial charge in [0.2, 0.25) is 7.37 Å². The number of carboxylic acids is 1. The lowest BCUT2D eigenvalue weighted by Crippen LogP contribution is -2.54. The van der Waals surface area contributed by atoms with Crippen LogP contribution in [0.25, 0.3) is 11.1 Å². The molecule has 0 radical (unpaired) electrons. The van der Waals surface area contributed by atoms with Gasteiger partial charge in [0.05, 0.1) is 7.11 Å². The van der Waals surface area contributed by atoms with Gasteiger partial charge in [0, 0.05) is 31.4 Å². The summed E-state index contributed by atoms with van der Waals surface area (Å²) < 4.78 is 33.1. The Kier molecular flexibility index (Phi) is 7.72. The van der Waals surface area contributed by atoms with Gasteiger partial charge in [0.25, 0.3) is 0 Å². The lowest BCUT2D eigenvalue weighted by atomic mass is 9.96. The summed E-state index contributed by atoms with van der Waals surface area (Å²) in [7, 11) is -2.38. The van der Waals surface area contributed by atoms with Crippen molar-refractivity contribution >= 4 is 13.3 Å². The zero-order chi connectivity index (χ0) is 23.4.